The fourth-order valence-corrected chi connectivity index (χ4v) is 2.44. The smallest absolute Gasteiger partial charge is 0.123 e. The molecule has 1 aromatic rings. The second-order valence-corrected chi connectivity index (χ2v) is 4.13. The van der Waals surface area contributed by atoms with Gasteiger partial charge in [0.1, 0.15) is 5.82 Å². The molecule has 0 radical (unpaired) electrons. The summed E-state index contributed by atoms with van der Waals surface area (Å²) >= 11 is 4.32. The molecule has 1 nitrogen and oxygen atoms in total. The highest BCUT2D eigenvalue weighted by Crippen LogP contribution is 2.28. The first-order valence-electron chi connectivity index (χ1n) is 4.88. The van der Waals surface area contributed by atoms with E-state index in [9.17, 15) is 4.39 Å². The number of halogens is 1. The minimum Gasteiger partial charge on any atom is -0.316 e. The average Bonchev–Trinajstić information content (AvgIpc) is 2.65. The first-order valence-corrected chi connectivity index (χ1v) is 5.51. The monoisotopic (exact) mass is 211 g/mol. The Labute approximate surface area is 89.1 Å². The molecule has 1 aromatic carbocycles. The molecule has 1 saturated heterocycles. The molecule has 0 bridgehead atoms. The molecular formula is C11H14FNS. The standard InChI is InChI=1S/C11H14FNS/c12-10-3-1-2-8(4-10)11-6-13-5-9(11)7-14/h1-4,9,11,13-14H,5-7H2. The Morgan fingerprint density at radius 2 is 2.29 bits per heavy atom. The zero-order valence-electron chi connectivity index (χ0n) is 7.91. The SMILES string of the molecule is Fc1cccc(C2CNCC2CS)c1. The largest absolute Gasteiger partial charge is 0.316 e. The topological polar surface area (TPSA) is 12.0 Å². The summed E-state index contributed by atoms with van der Waals surface area (Å²) in [4.78, 5) is 0. The Kier molecular flexibility index (Phi) is 3.08. The number of nitrogens with one attached hydrogen (secondary N) is 1. The molecule has 1 aliphatic heterocycles. The molecule has 0 amide bonds. The Hall–Kier alpha value is -0.540. The molecule has 2 unspecified atom stereocenters. The van der Waals surface area contributed by atoms with Crippen LogP contribution in [0.25, 0.3) is 0 Å². The van der Waals surface area contributed by atoms with Crippen molar-refractivity contribution in [2.24, 2.45) is 5.92 Å². The van der Waals surface area contributed by atoms with E-state index in [1.54, 1.807) is 12.1 Å². The van der Waals surface area contributed by atoms with Gasteiger partial charge in [0.2, 0.25) is 0 Å². The average molecular weight is 211 g/mol. The Bertz CT molecular complexity index is 316. The van der Waals surface area contributed by atoms with E-state index in [0.29, 0.717) is 11.8 Å². The number of hydrogen-bond donors (Lipinski definition) is 2. The summed E-state index contributed by atoms with van der Waals surface area (Å²) in [7, 11) is 0. The molecule has 2 atom stereocenters. The highest BCUT2D eigenvalue weighted by molar-refractivity contribution is 7.80. The van der Waals surface area contributed by atoms with Gasteiger partial charge >= 0.3 is 0 Å². The van der Waals surface area contributed by atoms with Crippen molar-refractivity contribution >= 4 is 12.6 Å². The van der Waals surface area contributed by atoms with Gasteiger partial charge in [-0.3, -0.25) is 0 Å². The van der Waals surface area contributed by atoms with Crippen molar-refractivity contribution in [1.82, 2.24) is 5.32 Å². The van der Waals surface area contributed by atoms with Crippen molar-refractivity contribution in [2.45, 2.75) is 5.92 Å². The molecule has 1 fully saturated rings. The maximum absolute atomic E-state index is 13.0. The first-order chi connectivity index (χ1) is 6.81. The lowest BCUT2D eigenvalue weighted by molar-refractivity contribution is 0.573. The van der Waals surface area contributed by atoms with Gasteiger partial charge in [0.25, 0.3) is 0 Å². The van der Waals surface area contributed by atoms with E-state index in [-0.39, 0.29) is 5.82 Å². The van der Waals surface area contributed by atoms with Crippen LogP contribution >= 0.6 is 12.6 Å². The molecule has 76 valence electrons. The van der Waals surface area contributed by atoms with E-state index in [2.05, 4.69) is 17.9 Å². The first kappa shape index (κ1) is 9.99. The van der Waals surface area contributed by atoms with Gasteiger partial charge in [-0.15, -0.1) is 0 Å². The van der Waals surface area contributed by atoms with Crippen LogP contribution in [-0.2, 0) is 0 Å². The molecule has 0 spiro atoms. The van der Waals surface area contributed by atoms with Gasteiger partial charge in [-0.1, -0.05) is 12.1 Å². The van der Waals surface area contributed by atoms with Gasteiger partial charge in [0.15, 0.2) is 0 Å². The lowest BCUT2D eigenvalue weighted by Crippen LogP contribution is -2.12. The van der Waals surface area contributed by atoms with Crippen LogP contribution in [0.3, 0.4) is 0 Å². The van der Waals surface area contributed by atoms with Gasteiger partial charge < -0.3 is 5.32 Å². The molecule has 0 aliphatic carbocycles. The van der Waals surface area contributed by atoms with Gasteiger partial charge in [-0.2, -0.15) is 12.6 Å². The summed E-state index contributed by atoms with van der Waals surface area (Å²) in [5, 5.41) is 3.32. The molecular weight excluding hydrogens is 197 g/mol. The van der Waals surface area contributed by atoms with Crippen LogP contribution in [0, 0.1) is 11.7 Å². The summed E-state index contributed by atoms with van der Waals surface area (Å²) in [6, 6.07) is 6.89. The Morgan fingerprint density at radius 1 is 1.43 bits per heavy atom. The van der Waals surface area contributed by atoms with Crippen molar-refractivity contribution in [1.29, 1.82) is 0 Å². The van der Waals surface area contributed by atoms with E-state index < -0.39 is 0 Å². The highest BCUT2D eigenvalue weighted by Gasteiger charge is 2.27. The van der Waals surface area contributed by atoms with Gasteiger partial charge in [0.05, 0.1) is 0 Å². The molecule has 2 rings (SSSR count). The van der Waals surface area contributed by atoms with Gasteiger partial charge in [0, 0.05) is 12.5 Å². The van der Waals surface area contributed by atoms with Crippen molar-refractivity contribution < 1.29 is 4.39 Å². The van der Waals surface area contributed by atoms with E-state index in [0.717, 1.165) is 24.4 Å². The van der Waals surface area contributed by atoms with Crippen LogP contribution < -0.4 is 5.32 Å². The third-order valence-electron chi connectivity index (χ3n) is 2.85. The number of thiol groups is 1. The maximum Gasteiger partial charge on any atom is 0.123 e. The fourth-order valence-electron chi connectivity index (χ4n) is 2.05. The Balaban J connectivity index is 2.21. The second-order valence-electron chi connectivity index (χ2n) is 3.76. The van der Waals surface area contributed by atoms with Crippen molar-refractivity contribution in [3.63, 3.8) is 0 Å². The second kappa shape index (κ2) is 4.32. The number of hydrogen-bond acceptors (Lipinski definition) is 2. The van der Waals surface area contributed by atoms with Gasteiger partial charge in [-0.05, 0) is 35.9 Å². The zero-order chi connectivity index (χ0) is 9.97. The zero-order valence-corrected chi connectivity index (χ0v) is 8.81. The van der Waals surface area contributed by atoms with Crippen molar-refractivity contribution in [3.05, 3.63) is 35.6 Å². The molecule has 1 aliphatic rings. The quantitative estimate of drug-likeness (QED) is 0.714. The summed E-state index contributed by atoms with van der Waals surface area (Å²) in [6.07, 6.45) is 0. The molecule has 1 N–H and O–H groups in total. The van der Waals surface area contributed by atoms with E-state index in [1.165, 1.54) is 6.07 Å². The summed E-state index contributed by atoms with van der Waals surface area (Å²) in [5.74, 6) is 1.66. The fraction of sp³-hybridized carbons (Fsp3) is 0.455. The summed E-state index contributed by atoms with van der Waals surface area (Å²) < 4.78 is 13.0. The third-order valence-corrected chi connectivity index (χ3v) is 3.32. The van der Waals surface area contributed by atoms with E-state index >= 15 is 0 Å². The predicted molar refractivity (Wildman–Crippen MR) is 59.4 cm³/mol. The van der Waals surface area contributed by atoms with Crippen LogP contribution in [0.15, 0.2) is 24.3 Å². The van der Waals surface area contributed by atoms with Gasteiger partial charge in [-0.25, -0.2) is 4.39 Å². The van der Waals surface area contributed by atoms with Crippen LogP contribution in [0.5, 0.6) is 0 Å². The molecule has 0 saturated carbocycles. The predicted octanol–water partition coefficient (Wildman–Crippen LogP) is 2.06. The molecule has 3 heteroatoms. The normalized spacial score (nSPS) is 26.7. The lowest BCUT2D eigenvalue weighted by atomic mass is 9.90. The molecule has 14 heavy (non-hydrogen) atoms. The minimum atomic E-state index is -0.146. The highest BCUT2D eigenvalue weighted by atomic mass is 32.1. The third kappa shape index (κ3) is 1.93. The molecule has 0 aromatic heterocycles. The maximum atomic E-state index is 13.0. The van der Waals surface area contributed by atoms with Crippen LogP contribution in [0.2, 0.25) is 0 Å². The van der Waals surface area contributed by atoms with E-state index in [1.807, 2.05) is 6.07 Å². The van der Waals surface area contributed by atoms with Crippen molar-refractivity contribution in [3.8, 4) is 0 Å². The van der Waals surface area contributed by atoms with Crippen LogP contribution in [0.1, 0.15) is 11.5 Å². The number of benzene rings is 1. The van der Waals surface area contributed by atoms with E-state index in [4.69, 9.17) is 0 Å². The van der Waals surface area contributed by atoms with Crippen molar-refractivity contribution in [2.75, 3.05) is 18.8 Å². The number of rotatable bonds is 2. The summed E-state index contributed by atoms with van der Waals surface area (Å²) in [5.41, 5.74) is 1.09. The summed E-state index contributed by atoms with van der Waals surface area (Å²) in [6.45, 7) is 1.93. The Morgan fingerprint density at radius 3 is 3.00 bits per heavy atom. The lowest BCUT2D eigenvalue weighted by Gasteiger charge is -2.16. The van der Waals surface area contributed by atoms with Crippen LogP contribution in [-0.4, -0.2) is 18.8 Å². The molecule has 1 heterocycles. The minimum absolute atomic E-state index is 0.146. The van der Waals surface area contributed by atoms with Crippen LogP contribution in [0.4, 0.5) is 4.39 Å².